The van der Waals surface area contributed by atoms with E-state index in [0.717, 1.165) is 5.56 Å². The Kier molecular flexibility index (Phi) is 5.20. The lowest BCUT2D eigenvalue weighted by atomic mass is 10.1. The second kappa shape index (κ2) is 7.80. The SMILES string of the molecule is Cn1cc(S(=O)(=O)N2CCCN(C(=O)c3cc(-c4ccccc4)n[nH]3)CC2)cn1. The lowest BCUT2D eigenvalue weighted by Gasteiger charge is -2.21. The Hall–Kier alpha value is -2.98. The van der Waals surface area contributed by atoms with Crippen LogP contribution in [0.4, 0.5) is 0 Å². The quantitative estimate of drug-likeness (QED) is 0.694. The van der Waals surface area contributed by atoms with Gasteiger partial charge in [0.1, 0.15) is 10.6 Å². The summed E-state index contributed by atoms with van der Waals surface area (Å²) in [5, 5.41) is 11.0. The molecular formula is C19H22N6O3S. The van der Waals surface area contributed by atoms with Crippen LogP contribution in [0, 0.1) is 0 Å². The number of carbonyl (C=O) groups excluding carboxylic acids is 1. The first kappa shape index (κ1) is 19.3. The molecule has 29 heavy (non-hydrogen) atoms. The summed E-state index contributed by atoms with van der Waals surface area (Å²) in [4.78, 5) is 14.7. The number of aryl methyl sites for hydroxylation is 1. The first-order valence-electron chi connectivity index (χ1n) is 9.34. The van der Waals surface area contributed by atoms with E-state index in [0.29, 0.717) is 37.4 Å². The highest BCUT2D eigenvalue weighted by atomic mass is 32.2. The average Bonchev–Trinajstić information content (AvgIpc) is 3.31. The molecule has 1 N–H and O–H groups in total. The average molecular weight is 414 g/mol. The zero-order chi connectivity index (χ0) is 20.4. The van der Waals surface area contributed by atoms with E-state index in [9.17, 15) is 13.2 Å². The molecule has 1 aliphatic rings. The van der Waals surface area contributed by atoms with Gasteiger partial charge >= 0.3 is 0 Å². The molecule has 1 aromatic carbocycles. The Balaban J connectivity index is 1.46. The summed E-state index contributed by atoms with van der Waals surface area (Å²) in [7, 11) is -1.94. The molecule has 10 heteroatoms. The number of benzene rings is 1. The molecule has 0 aliphatic carbocycles. The van der Waals surface area contributed by atoms with Crippen molar-refractivity contribution < 1.29 is 13.2 Å². The molecule has 0 atom stereocenters. The van der Waals surface area contributed by atoms with Crippen molar-refractivity contribution in [3.05, 3.63) is 54.5 Å². The van der Waals surface area contributed by atoms with Crippen LogP contribution in [0.1, 0.15) is 16.9 Å². The van der Waals surface area contributed by atoms with Crippen molar-refractivity contribution in [3.8, 4) is 11.3 Å². The molecule has 0 radical (unpaired) electrons. The topological polar surface area (TPSA) is 104 Å². The Morgan fingerprint density at radius 1 is 1.10 bits per heavy atom. The maximum Gasteiger partial charge on any atom is 0.271 e. The zero-order valence-electron chi connectivity index (χ0n) is 16.0. The minimum absolute atomic E-state index is 0.167. The number of H-pyrrole nitrogens is 1. The summed E-state index contributed by atoms with van der Waals surface area (Å²) < 4.78 is 28.5. The van der Waals surface area contributed by atoms with Gasteiger partial charge in [-0.1, -0.05) is 30.3 Å². The highest BCUT2D eigenvalue weighted by Gasteiger charge is 2.29. The van der Waals surface area contributed by atoms with E-state index < -0.39 is 10.0 Å². The summed E-state index contributed by atoms with van der Waals surface area (Å²) >= 11 is 0. The number of hydrogen-bond donors (Lipinski definition) is 1. The van der Waals surface area contributed by atoms with E-state index in [2.05, 4.69) is 15.3 Å². The third kappa shape index (κ3) is 3.94. The molecule has 9 nitrogen and oxygen atoms in total. The molecule has 0 saturated carbocycles. The molecule has 1 aliphatic heterocycles. The van der Waals surface area contributed by atoms with Gasteiger partial charge in [0.15, 0.2) is 0 Å². The van der Waals surface area contributed by atoms with Crippen LogP contribution < -0.4 is 0 Å². The molecule has 3 aromatic rings. The maximum absolute atomic E-state index is 12.9. The third-order valence-corrected chi connectivity index (χ3v) is 6.79. The van der Waals surface area contributed by atoms with Crippen LogP contribution in [0.5, 0.6) is 0 Å². The number of aromatic nitrogens is 4. The largest absolute Gasteiger partial charge is 0.336 e. The van der Waals surface area contributed by atoms with Crippen LogP contribution in [0.15, 0.2) is 53.7 Å². The summed E-state index contributed by atoms with van der Waals surface area (Å²) in [6.45, 7) is 1.40. The van der Waals surface area contributed by atoms with Crippen LogP contribution in [-0.2, 0) is 17.1 Å². The molecular weight excluding hydrogens is 392 g/mol. The van der Waals surface area contributed by atoms with Crippen LogP contribution in [-0.4, -0.2) is 69.7 Å². The van der Waals surface area contributed by atoms with Gasteiger partial charge in [0.05, 0.1) is 11.9 Å². The van der Waals surface area contributed by atoms with Gasteiger partial charge in [-0.3, -0.25) is 14.6 Å². The predicted octanol–water partition coefficient (Wildman–Crippen LogP) is 1.35. The number of sulfonamides is 1. The molecule has 3 heterocycles. The monoisotopic (exact) mass is 414 g/mol. The second-order valence-electron chi connectivity index (χ2n) is 6.93. The highest BCUT2D eigenvalue weighted by Crippen LogP contribution is 2.20. The molecule has 1 saturated heterocycles. The van der Waals surface area contributed by atoms with Crippen LogP contribution in [0.2, 0.25) is 0 Å². The van der Waals surface area contributed by atoms with Gasteiger partial charge in [-0.2, -0.15) is 14.5 Å². The van der Waals surface area contributed by atoms with Crippen LogP contribution >= 0.6 is 0 Å². The fraction of sp³-hybridized carbons (Fsp3) is 0.316. The van der Waals surface area contributed by atoms with Gasteiger partial charge < -0.3 is 4.90 Å². The summed E-state index contributed by atoms with van der Waals surface area (Å²) in [6, 6.07) is 11.3. The van der Waals surface area contributed by atoms with Gasteiger partial charge in [-0.15, -0.1) is 0 Å². The van der Waals surface area contributed by atoms with Gasteiger partial charge in [0.2, 0.25) is 10.0 Å². The van der Waals surface area contributed by atoms with Crippen molar-refractivity contribution in [3.63, 3.8) is 0 Å². The Labute approximate surface area is 169 Å². The normalized spacial score (nSPS) is 16.0. The Bertz CT molecular complexity index is 1110. The molecule has 1 amide bonds. The lowest BCUT2D eigenvalue weighted by molar-refractivity contribution is 0.0758. The fourth-order valence-corrected chi connectivity index (χ4v) is 4.83. The number of rotatable bonds is 4. The number of nitrogens with one attached hydrogen (secondary N) is 1. The summed E-state index contributed by atoms with van der Waals surface area (Å²) in [5.41, 5.74) is 2.02. The van der Waals surface area contributed by atoms with Crippen LogP contribution in [0.3, 0.4) is 0 Å². The molecule has 152 valence electrons. The maximum atomic E-state index is 12.9. The minimum atomic E-state index is -3.62. The summed E-state index contributed by atoms with van der Waals surface area (Å²) in [5.74, 6) is -0.180. The molecule has 2 aromatic heterocycles. The van der Waals surface area contributed by atoms with Crippen molar-refractivity contribution in [2.75, 3.05) is 26.2 Å². The van der Waals surface area contributed by atoms with E-state index in [-0.39, 0.29) is 17.3 Å². The van der Waals surface area contributed by atoms with E-state index in [1.165, 1.54) is 21.4 Å². The first-order valence-corrected chi connectivity index (χ1v) is 10.8. The van der Waals surface area contributed by atoms with Crippen molar-refractivity contribution in [2.45, 2.75) is 11.3 Å². The van der Waals surface area contributed by atoms with E-state index in [4.69, 9.17) is 0 Å². The van der Waals surface area contributed by atoms with Gasteiger partial charge in [-0.25, -0.2) is 8.42 Å². The van der Waals surface area contributed by atoms with Crippen molar-refractivity contribution in [2.24, 2.45) is 7.05 Å². The first-order chi connectivity index (χ1) is 13.9. The summed E-state index contributed by atoms with van der Waals surface area (Å²) in [6.07, 6.45) is 3.39. The predicted molar refractivity (Wildman–Crippen MR) is 107 cm³/mol. The van der Waals surface area contributed by atoms with E-state index >= 15 is 0 Å². The molecule has 1 fully saturated rings. The van der Waals surface area contributed by atoms with Gasteiger partial charge in [0, 0.05) is 45.0 Å². The number of aromatic amines is 1. The minimum Gasteiger partial charge on any atom is -0.336 e. The van der Waals surface area contributed by atoms with Gasteiger partial charge in [-0.05, 0) is 12.5 Å². The standard InChI is InChI=1S/C19H22N6O3S/c1-23-14-16(13-20-23)29(27,28)25-9-5-8-24(10-11-25)19(26)18-12-17(21-22-18)15-6-3-2-4-7-15/h2-4,6-7,12-14H,5,8-11H2,1H3,(H,21,22). The number of carbonyl (C=O) groups is 1. The van der Waals surface area contributed by atoms with E-state index in [1.54, 1.807) is 18.0 Å². The molecule has 4 rings (SSSR count). The smallest absolute Gasteiger partial charge is 0.271 e. The fourth-order valence-electron chi connectivity index (χ4n) is 3.38. The van der Waals surface area contributed by atoms with Crippen LogP contribution in [0.25, 0.3) is 11.3 Å². The third-order valence-electron chi connectivity index (χ3n) is 4.94. The molecule has 0 spiro atoms. The lowest BCUT2D eigenvalue weighted by Crippen LogP contribution is -2.37. The zero-order valence-corrected chi connectivity index (χ0v) is 16.8. The van der Waals surface area contributed by atoms with Gasteiger partial charge in [0.25, 0.3) is 5.91 Å². The van der Waals surface area contributed by atoms with Crippen molar-refractivity contribution in [1.29, 1.82) is 0 Å². The Morgan fingerprint density at radius 3 is 2.62 bits per heavy atom. The number of hydrogen-bond acceptors (Lipinski definition) is 5. The highest BCUT2D eigenvalue weighted by molar-refractivity contribution is 7.89. The molecule has 0 bridgehead atoms. The van der Waals surface area contributed by atoms with Crippen molar-refractivity contribution >= 4 is 15.9 Å². The number of nitrogens with zero attached hydrogens (tertiary/aromatic N) is 5. The Morgan fingerprint density at radius 2 is 1.90 bits per heavy atom. The van der Waals surface area contributed by atoms with Crippen molar-refractivity contribution in [1.82, 2.24) is 29.2 Å². The number of amides is 1. The molecule has 0 unspecified atom stereocenters. The second-order valence-corrected chi connectivity index (χ2v) is 8.87. The van der Waals surface area contributed by atoms with E-state index in [1.807, 2.05) is 30.3 Å².